The molecule has 0 spiro atoms. The number of hydrogen-bond acceptors (Lipinski definition) is 8. The molecule has 0 fully saturated rings. The highest BCUT2D eigenvalue weighted by molar-refractivity contribution is 7.45. The highest BCUT2D eigenvalue weighted by Crippen LogP contribution is 2.38. The predicted molar refractivity (Wildman–Crippen MR) is 323 cm³/mol. The second-order valence-electron chi connectivity index (χ2n) is 22.0. The summed E-state index contributed by atoms with van der Waals surface area (Å²) in [5.41, 5.74) is 0. The monoisotopic (exact) mass is 1080 g/mol. The highest BCUT2D eigenvalue weighted by atomic mass is 31.2. The molecule has 0 saturated carbocycles. The van der Waals surface area contributed by atoms with E-state index in [2.05, 4.69) is 98.9 Å². The van der Waals surface area contributed by atoms with E-state index in [4.69, 9.17) is 18.5 Å². The molecule has 0 aliphatic heterocycles. The SMILES string of the molecule is CC/C=C\C/C=C\C/C=C\C/C=C\CCCCCCCCCCCCC(=O)OC(COC(=O)CCCCCCCCCCCCCCCC/C=C\C/C=C\C/C=C\CCCCCCC)COP(=O)([O-])OCC[N+](C)(C)C. The van der Waals surface area contributed by atoms with E-state index in [0.29, 0.717) is 17.4 Å². The van der Waals surface area contributed by atoms with Crippen LogP contribution in [0.5, 0.6) is 0 Å². The smallest absolute Gasteiger partial charge is 0.306 e. The molecule has 440 valence electrons. The number of rotatable bonds is 57. The number of hydrogen-bond donors (Lipinski definition) is 0. The van der Waals surface area contributed by atoms with Gasteiger partial charge >= 0.3 is 11.9 Å². The number of nitrogens with zero attached hydrogens (tertiary/aromatic N) is 1. The zero-order valence-electron chi connectivity index (χ0n) is 49.9. The lowest BCUT2D eigenvalue weighted by atomic mass is 10.0. The standard InChI is InChI=1S/C66H118NO8P/c1-6-8-10-12-14-16-18-20-22-24-26-28-30-31-32-33-34-35-37-38-40-42-44-46-48-50-52-54-56-58-65(68)72-62-64(63-74-76(70,71)73-61-60-67(3,4)5)75-66(69)59-57-55-53-51-49-47-45-43-41-39-36-29-27-25-23-21-19-17-15-13-11-9-7-2/h9,11,15,17-18,20-21,23-24,26-27,29-31,64H,6-8,10,12-14,16,19,22,25,28,32-63H2,1-5H3/b11-9-,17-15-,20-18-,23-21-,26-24-,29-27-,31-30-. The molecule has 0 heterocycles. The van der Waals surface area contributed by atoms with E-state index in [1.54, 1.807) is 0 Å². The number of phosphoric acid groups is 1. The Balaban J connectivity index is 4.12. The van der Waals surface area contributed by atoms with Crippen molar-refractivity contribution in [2.75, 3.05) is 47.5 Å². The molecule has 2 unspecified atom stereocenters. The van der Waals surface area contributed by atoms with Crippen LogP contribution in [-0.4, -0.2) is 70.0 Å². The third-order valence-corrected chi connectivity index (χ3v) is 14.4. The molecule has 10 heteroatoms. The Labute approximate surface area is 469 Å². The number of likely N-dealkylation sites (N-methyl/N-ethyl adjacent to an activating group) is 1. The summed E-state index contributed by atoms with van der Waals surface area (Å²) in [6, 6.07) is 0. The largest absolute Gasteiger partial charge is 0.756 e. The Hall–Kier alpha value is -2.81. The van der Waals surface area contributed by atoms with Crippen molar-refractivity contribution < 1.29 is 42.1 Å². The van der Waals surface area contributed by atoms with Crippen molar-refractivity contribution in [1.82, 2.24) is 0 Å². The van der Waals surface area contributed by atoms with Crippen LogP contribution in [0, 0.1) is 0 Å². The number of carbonyl (C=O) groups is 2. The number of unbranched alkanes of at least 4 members (excludes halogenated alkanes) is 29. The van der Waals surface area contributed by atoms with Crippen molar-refractivity contribution in [2.24, 2.45) is 0 Å². The van der Waals surface area contributed by atoms with E-state index < -0.39 is 26.5 Å². The van der Waals surface area contributed by atoms with Crippen LogP contribution in [0.4, 0.5) is 0 Å². The molecule has 0 radical (unpaired) electrons. The van der Waals surface area contributed by atoms with Crippen molar-refractivity contribution in [3.05, 3.63) is 85.1 Å². The Morgan fingerprint density at radius 2 is 0.750 bits per heavy atom. The summed E-state index contributed by atoms with van der Waals surface area (Å²) in [5, 5.41) is 0. The molecule has 0 saturated heterocycles. The van der Waals surface area contributed by atoms with Gasteiger partial charge in [-0.1, -0.05) is 253 Å². The van der Waals surface area contributed by atoms with Crippen LogP contribution in [0.2, 0.25) is 0 Å². The van der Waals surface area contributed by atoms with Crippen molar-refractivity contribution >= 4 is 19.8 Å². The highest BCUT2D eigenvalue weighted by Gasteiger charge is 2.22. The maximum absolute atomic E-state index is 12.8. The molecule has 0 amide bonds. The van der Waals surface area contributed by atoms with Crippen molar-refractivity contribution in [1.29, 1.82) is 0 Å². The van der Waals surface area contributed by atoms with Gasteiger partial charge in [0.2, 0.25) is 0 Å². The van der Waals surface area contributed by atoms with Crippen LogP contribution in [0.25, 0.3) is 0 Å². The van der Waals surface area contributed by atoms with Crippen molar-refractivity contribution in [3.63, 3.8) is 0 Å². The van der Waals surface area contributed by atoms with Gasteiger partial charge in [-0.05, 0) is 89.9 Å². The van der Waals surface area contributed by atoms with Gasteiger partial charge in [0.25, 0.3) is 7.82 Å². The van der Waals surface area contributed by atoms with Gasteiger partial charge in [0.05, 0.1) is 27.7 Å². The van der Waals surface area contributed by atoms with Gasteiger partial charge in [0.1, 0.15) is 19.8 Å². The molecule has 0 aromatic carbocycles. The Bertz CT molecular complexity index is 1560. The van der Waals surface area contributed by atoms with Gasteiger partial charge in [-0.25, -0.2) is 0 Å². The normalized spacial score (nSPS) is 13.8. The minimum Gasteiger partial charge on any atom is -0.756 e. The number of quaternary nitrogens is 1. The van der Waals surface area contributed by atoms with Crippen LogP contribution < -0.4 is 4.89 Å². The summed E-state index contributed by atoms with van der Waals surface area (Å²) in [6.07, 6.45) is 76.3. The summed E-state index contributed by atoms with van der Waals surface area (Å²) < 4.78 is 34.2. The molecule has 76 heavy (non-hydrogen) atoms. The fourth-order valence-electron chi connectivity index (χ4n) is 8.60. The van der Waals surface area contributed by atoms with E-state index in [0.717, 1.165) is 83.5 Å². The first kappa shape index (κ1) is 73.2. The molecule has 9 nitrogen and oxygen atoms in total. The molecular weight excluding hydrogens is 966 g/mol. The van der Waals surface area contributed by atoms with E-state index >= 15 is 0 Å². The van der Waals surface area contributed by atoms with Gasteiger partial charge in [-0.3, -0.25) is 14.2 Å². The first-order valence-corrected chi connectivity index (χ1v) is 32.8. The van der Waals surface area contributed by atoms with Gasteiger partial charge in [-0.15, -0.1) is 0 Å². The number of esters is 2. The summed E-state index contributed by atoms with van der Waals surface area (Å²) in [7, 11) is 1.16. The van der Waals surface area contributed by atoms with Crippen LogP contribution in [0.3, 0.4) is 0 Å². The topological polar surface area (TPSA) is 111 Å². The molecule has 2 atom stereocenters. The summed E-state index contributed by atoms with van der Waals surface area (Å²) in [5.74, 6) is -0.835. The number of phosphoric ester groups is 1. The number of allylic oxidation sites excluding steroid dienone is 14. The first-order valence-electron chi connectivity index (χ1n) is 31.3. The second-order valence-corrected chi connectivity index (χ2v) is 23.4. The zero-order chi connectivity index (χ0) is 55.6. The summed E-state index contributed by atoms with van der Waals surface area (Å²) >= 11 is 0. The molecule has 0 aromatic rings. The third-order valence-electron chi connectivity index (χ3n) is 13.4. The average Bonchev–Trinajstić information content (AvgIpc) is 3.38. The minimum atomic E-state index is -4.64. The van der Waals surface area contributed by atoms with Crippen LogP contribution in [0.1, 0.15) is 271 Å². The number of carbonyl (C=O) groups excluding carboxylic acids is 2. The predicted octanol–water partition coefficient (Wildman–Crippen LogP) is 19.2. The Kier molecular flexibility index (Phi) is 54.8. The molecule has 0 bridgehead atoms. The Morgan fingerprint density at radius 3 is 1.12 bits per heavy atom. The number of ether oxygens (including phenoxy) is 2. The first-order chi connectivity index (χ1) is 37.0. The molecule has 0 aliphatic carbocycles. The van der Waals surface area contributed by atoms with Gasteiger partial charge in [0.15, 0.2) is 6.10 Å². The maximum atomic E-state index is 12.8. The third kappa shape index (κ3) is 60.4. The molecule has 0 N–H and O–H groups in total. The van der Waals surface area contributed by atoms with Gasteiger partial charge < -0.3 is 27.9 Å². The van der Waals surface area contributed by atoms with E-state index in [1.165, 1.54) is 154 Å². The van der Waals surface area contributed by atoms with E-state index in [9.17, 15) is 19.0 Å². The lowest BCUT2D eigenvalue weighted by Crippen LogP contribution is -2.37. The lowest BCUT2D eigenvalue weighted by Gasteiger charge is -2.28. The van der Waals surface area contributed by atoms with Gasteiger partial charge in [0, 0.05) is 12.8 Å². The fraction of sp³-hybridized carbons (Fsp3) is 0.758. The van der Waals surface area contributed by atoms with Crippen LogP contribution in [-0.2, 0) is 32.7 Å². The second kappa shape index (κ2) is 56.9. The molecular formula is C66H118NO8P. The quantitative estimate of drug-likeness (QED) is 0.0195. The molecule has 0 aromatic heterocycles. The summed E-state index contributed by atoms with van der Waals surface area (Å²) in [4.78, 5) is 38.0. The fourth-order valence-corrected chi connectivity index (χ4v) is 9.33. The van der Waals surface area contributed by atoms with Crippen LogP contribution in [0.15, 0.2) is 85.1 Å². The molecule has 0 rings (SSSR count). The minimum absolute atomic E-state index is 0.0346. The van der Waals surface area contributed by atoms with E-state index in [1.807, 2.05) is 21.1 Å². The van der Waals surface area contributed by atoms with Gasteiger partial charge in [-0.2, -0.15) is 0 Å². The summed E-state index contributed by atoms with van der Waals surface area (Å²) in [6.45, 7) is 4.13. The maximum Gasteiger partial charge on any atom is 0.306 e. The Morgan fingerprint density at radius 1 is 0.421 bits per heavy atom. The van der Waals surface area contributed by atoms with Crippen LogP contribution >= 0.6 is 7.82 Å². The average molecular weight is 1080 g/mol. The van der Waals surface area contributed by atoms with Crippen molar-refractivity contribution in [2.45, 2.75) is 277 Å². The van der Waals surface area contributed by atoms with E-state index in [-0.39, 0.29) is 32.0 Å². The lowest BCUT2D eigenvalue weighted by molar-refractivity contribution is -0.870. The zero-order valence-corrected chi connectivity index (χ0v) is 50.8. The van der Waals surface area contributed by atoms with Crippen molar-refractivity contribution in [3.8, 4) is 0 Å². The molecule has 0 aliphatic rings.